The lowest BCUT2D eigenvalue weighted by Gasteiger charge is -2.15. The van der Waals surface area contributed by atoms with Crippen molar-refractivity contribution < 1.29 is 0 Å². The molecular formula is C51H33N5. The van der Waals surface area contributed by atoms with Gasteiger partial charge in [0, 0.05) is 38.2 Å². The van der Waals surface area contributed by atoms with E-state index in [2.05, 4.69) is 185 Å². The number of fused-ring (bicyclic) bond motifs is 6. The van der Waals surface area contributed by atoms with Gasteiger partial charge in [-0.3, -0.25) is 0 Å². The third-order valence-corrected chi connectivity index (χ3v) is 10.8. The summed E-state index contributed by atoms with van der Waals surface area (Å²) in [5, 5.41) is 4.84. The fourth-order valence-electron chi connectivity index (χ4n) is 8.27. The Labute approximate surface area is 323 Å². The Hall–Kier alpha value is -7.63. The van der Waals surface area contributed by atoms with Crippen molar-refractivity contribution in [1.82, 2.24) is 24.1 Å². The van der Waals surface area contributed by atoms with Crippen molar-refractivity contribution in [2.24, 2.45) is 0 Å². The van der Waals surface area contributed by atoms with E-state index < -0.39 is 0 Å². The molecule has 0 aliphatic rings. The van der Waals surface area contributed by atoms with Gasteiger partial charge in [-0.05, 0) is 53.6 Å². The average molecular weight is 716 g/mol. The summed E-state index contributed by atoms with van der Waals surface area (Å²) < 4.78 is 4.79. The highest BCUT2D eigenvalue weighted by Gasteiger charge is 2.22. The summed E-state index contributed by atoms with van der Waals surface area (Å²) >= 11 is 0. The monoisotopic (exact) mass is 715 g/mol. The van der Waals surface area contributed by atoms with Gasteiger partial charge in [0.2, 0.25) is 0 Å². The topological polar surface area (TPSA) is 48.5 Å². The number of hydrogen-bond acceptors (Lipinski definition) is 3. The largest absolute Gasteiger partial charge is 0.309 e. The zero-order valence-corrected chi connectivity index (χ0v) is 30.3. The van der Waals surface area contributed by atoms with E-state index in [1.165, 1.54) is 38.1 Å². The molecule has 0 unspecified atom stereocenters. The van der Waals surface area contributed by atoms with Gasteiger partial charge in [0.25, 0.3) is 0 Å². The summed E-state index contributed by atoms with van der Waals surface area (Å²) in [5.41, 5.74) is 11.8. The van der Waals surface area contributed by atoms with Gasteiger partial charge in [-0.1, -0.05) is 158 Å². The third kappa shape index (κ3) is 5.13. The molecule has 8 aromatic carbocycles. The van der Waals surface area contributed by atoms with Gasteiger partial charge in [0.1, 0.15) is 0 Å². The van der Waals surface area contributed by atoms with Crippen LogP contribution in [0.25, 0.3) is 100 Å². The van der Waals surface area contributed by atoms with E-state index in [0.29, 0.717) is 17.5 Å². The normalized spacial score (nSPS) is 11.6. The number of aromatic nitrogens is 5. The summed E-state index contributed by atoms with van der Waals surface area (Å²) in [7, 11) is 0. The SMILES string of the molecule is c1ccc(-c2ccc(-c3nc(-c4ccccc4)nc(-c4ccccc4-n4c5ccccc5c5c(-n6c7ccccc7c7ccccc76)cccc54)n3)cc2)cc1. The van der Waals surface area contributed by atoms with Crippen LogP contribution >= 0.6 is 0 Å². The molecule has 0 aliphatic carbocycles. The Morgan fingerprint density at radius 2 is 0.679 bits per heavy atom. The molecule has 0 amide bonds. The van der Waals surface area contributed by atoms with Gasteiger partial charge in [0.05, 0.1) is 33.4 Å². The first kappa shape index (κ1) is 31.9. The van der Waals surface area contributed by atoms with E-state index in [0.717, 1.165) is 44.7 Å². The molecule has 5 heteroatoms. The third-order valence-electron chi connectivity index (χ3n) is 10.8. The first-order valence-corrected chi connectivity index (χ1v) is 18.9. The summed E-state index contributed by atoms with van der Waals surface area (Å²) in [4.78, 5) is 15.5. The maximum absolute atomic E-state index is 5.22. The predicted molar refractivity (Wildman–Crippen MR) is 230 cm³/mol. The number of benzene rings is 8. The Morgan fingerprint density at radius 3 is 1.34 bits per heavy atom. The highest BCUT2D eigenvalue weighted by Crippen LogP contribution is 2.41. The molecule has 5 nitrogen and oxygen atoms in total. The van der Waals surface area contributed by atoms with Gasteiger partial charge >= 0.3 is 0 Å². The molecule has 0 saturated heterocycles. The Balaban J connectivity index is 1.14. The van der Waals surface area contributed by atoms with Crippen LogP contribution in [-0.2, 0) is 0 Å². The van der Waals surface area contributed by atoms with Crippen molar-refractivity contribution in [3.63, 3.8) is 0 Å². The summed E-state index contributed by atoms with van der Waals surface area (Å²) in [5.74, 6) is 1.86. The van der Waals surface area contributed by atoms with Gasteiger partial charge in [-0.25, -0.2) is 15.0 Å². The van der Waals surface area contributed by atoms with E-state index in [4.69, 9.17) is 15.0 Å². The second-order valence-corrected chi connectivity index (χ2v) is 14.0. The van der Waals surface area contributed by atoms with Gasteiger partial charge in [-0.2, -0.15) is 0 Å². The number of nitrogens with zero attached hydrogens (tertiary/aromatic N) is 5. The minimum absolute atomic E-state index is 0.612. The number of rotatable bonds is 6. The summed E-state index contributed by atoms with van der Waals surface area (Å²) in [6.07, 6.45) is 0. The van der Waals surface area contributed by atoms with Crippen LogP contribution in [0.2, 0.25) is 0 Å². The first-order chi connectivity index (χ1) is 27.8. The van der Waals surface area contributed by atoms with Crippen LogP contribution in [0.15, 0.2) is 200 Å². The van der Waals surface area contributed by atoms with Crippen molar-refractivity contribution in [2.75, 3.05) is 0 Å². The van der Waals surface area contributed by atoms with Crippen LogP contribution in [0.3, 0.4) is 0 Å². The van der Waals surface area contributed by atoms with Crippen molar-refractivity contribution >= 4 is 43.6 Å². The van der Waals surface area contributed by atoms with E-state index in [1.807, 2.05) is 24.3 Å². The number of hydrogen-bond donors (Lipinski definition) is 0. The average Bonchev–Trinajstić information content (AvgIpc) is 3.80. The summed E-state index contributed by atoms with van der Waals surface area (Å²) in [6, 6.07) is 70.3. The molecule has 56 heavy (non-hydrogen) atoms. The lowest BCUT2D eigenvalue weighted by Crippen LogP contribution is -2.03. The fourth-order valence-corrected chi connectivity index (χ4v) is 8.27. The van der Waals surface area contributed by atoms with Crippen LogP contribution < -0.4 is 0 Å². The second-order valence-electron chi connectivity index (χ2n) is 14.0. The molecule has 3 aromatic heterocycles. The highest BCUT2D eigenvalue weighted by molar-refractivity contribution is 6.16. The Morgan fingerprint density at radius 1 is 0.268 bits per heavy atom. The standard InChI is InChI=1S/C51H33N5/c1-3-16-34(17-4-1)35-30-32-37(33-31-35)50-52-49(36-18-5-2-6-19-36)53-51(54-50)41-23-10-14-27-45(41)56-44-26-13-9-22-40(44)48-46(28-15-29-47(48)56)55-42-24-11-7-20-38(42)39-21-8-12-25-43(39)55/h1-33H. The quantitative estimate of drug-likeness (QED) is 0.172. The molecule has 0 N–H and O–H groups in total. The maximum Gasteiger partial charge on any atom is 0.166 e. The zero-order chi connectivity index (χ0) is 37.0. The fraction of sp³-hybridized carbons (Fsp3) is 0. The minimum Gasteiger partial charge on any atom is -0.309 e. The molecule has 11 aromatic rings. The first-order valence-electron chi connectivity index (χ1n) is 18.9. The lowest BCUT2D eigenvalue weighted by molar-refractivity contribution is 1.06. The van der Waals surface area contributed by atoms with E-state index in [9.17, 15) is 0 Å². The predicted octanol–water partition coefficient (Wildman–Crippen LogP) is 12.7. The van der Waals surface area contributed by atoms with Crippen LogP contribution in [0.4, 0.5) is 0 Å². The molecule has 0 radical (unpaired) electrons. The zero-order valence-electron chi connectivity index (χ0n) is 30.3. The summed E-state index contributed by atoms with van der Waals surface area (Å²) in [6.45, 7) is 0. The molecule has 262 valence electrons. The number of para-hydroxylation sites is 4. The molecule has 0 aliphatic heterocycles. The van der Waals surface area contributed by atoms with E-state index in [-0.39, 0.29) is 0 Å². The molecule has 0 fully saturated rings. The van der Waals surface area contributed by atoms with Gasteiger partial charge in [-0.15, -0.1) is 0 Å². The van der Waals surface area contributed by atoms with E-state index in [1.54, 1.807) is 0 Å². The molecule has 3 heterocycles. The molecular weight excluding hydrogens is 683 g/mol. The van der Waals surface area contributed by atoms with Crippen molar-refractivity contribution in [3.05, 3.63) is 200 Å². The molecule has 0 spiro atoms. The van der Waals surface area contributed by atoms with Gasteiger partial charge < -0.3 is 9.13 Å². The minimum atomic E-state index is 0.612. The highest BCUT2D eigenvalue weighted by atomic mass is 15.1. The van der Waals surface area contributed by atoms with Crippen LogP contribution in [-0.4, -0.2) is 24.1 Å². The smallest absolute Gasteiger partial charge is 0.166 e. The van der Waals surface area contributed by atoms with Crippen molar-refractivity contribution in [2.45, 2.75) is 0 Å². The maximum atomic E-state index is 5.22. The Kier molecular flexibility index (Phi) is 7.42. The molecule has 0 bridgehead atoms. The van der Waals surface area contributed by atoms with Gasteiger partial charge in [0.15, 0.2) is 17.5 Å². The van der Waals surface area contributed by atoms with Crippen LogP contribution in [0.1, 0.15) is 0 Å². The van der Waals surface area contributed by atoms with Crippen LogP contribution in [0, 0.1) is 0 Å². The van der Waals surface area contributed by atoms with Crippen molar-refractivity contribution in [1.29, 1.82) is 0 Å². The van der Waals surface area contributed by atoms with Crippen LogP contribution in [0.5, 0.6) is 0 Å². The second kappa shape index (κ2) is 13.0. The van der Waals surface area contributed by atoms with Crippen molar-refractivity contribution in [3.8, 4) is 56.7 Å². The molecule has 0 atom stereocenters. The Bertz CT molecular complexity index is 3180. The van der Waals surface area contributed by atoms with E-state index >= 15 is 0 Å². The molecule has 11 rings (SSSR count). The lowest BCUT2D eigenvalue weighted by atomic mass is 10.0. The molecule has 0 saturated carbocycles.